The molecule has 0 spiro atoms. The molecule has 82 valence electrons. The van der Waals surface area contributed by atoms with E-state index in [0.717, 1.165) is 18.4 Å². The van der Waals surface area contributed by atoms with E-state index in [-0.39, 0.29) is 5.41 Å². The van der Waals surface area contributed by atoms with Crippen LogP contribution in [-0.4, -0.2) is 11.7 Å². The van der Waals surface area contributed by atoms with E-state index in [1.165, 1.54) is 12.0 Å². The van der Waals surface area contributed by atoms with Crippen LogP contribution in [0.15, 0.2) is 24.3 Å². The largest absolute Gasteiger partial charge is 0.389 e. The lowest BCUT2D eigenvalue weighted by Gasteiger charge is -2.43. The van der Waals surface area contributed by atoms with Crippen molar-refractivity contribution < 1.29 is 5.11 Å². The van der Waals surface area contributed by atoms with E-state index in [1.54, 1.807) is 0 Å². The number of aliphatic hydroxyl groups excluding tert-OH is 1. The smallest absolute Gasteiger partial charge is 0.0764 e. The van der Waals surface area contributed by atoms with E-state index in [2.05, 4.69) is 6.07 Å². The van der Waals surface area contributed by atoms with Gasteiger partial charge in [-0.2, -0.15) is 0 Å². The molecule has 1 aromatic rings. The van der Waals surface area contributed by atoms with E-state index in [0.29, 0.717) is 6.54 Å². The average molecular weight is 205 g/mol. The average Bonchev–Trinajstić information content (AvgIpc) is 2.17. The van der Waals surface area contributed by atoms with Crippen LogP contribution in [0.3, 0.4) is 0 Å². The quantitative estimate of drug-likeness (QED) is 0.794. The minimum atomic E-state index is -0.398. The van der Waals surface area contributed by atoms with Gasteiger partial charge in [0.25, 0.3) is 0 Å². The van der Waals surface area contributed by atoms with Gasteiger partial charge in [0.2, 0.25) is 0 Å². The minimum Gasteiger partial charge on any atom is -0.389 e. The van der Waals surface area contributed by atoms with Gasteiger partial charge < -0.3 is 10.8 Å². The molecule has 1 saturated carbocycles. The first-order valence-electron chi connectivity index (χ1n) is 5.67. The van der Waals surface area contributed by atoms with Crippen molar-refractivity contribution in [1.82, 2.24) is 0 Å². The lowest BCUT2D eigenvalue weighted by molar-refractivity contribution is 0.188. The van der Waals surface area contributed by atoms with Crippen LogP contribution >= 0.6 is 0 Å². The number of nitrogens with two attached hydrogens (primary N) is 1. The zero-order chi connectivity index (χ0) is 10.9. The molecule has 2 rings (SSSR count). The number of hydrogen-bond acceptors (Lipinski definition) is 2. The SMILES string of the molecule is CC(O)c1ccccc1C1(CN)CCC1. The minimum absolute atomic E-state index is 0.146. The Morgan fingerprint density at radius 2 is 2.07 bits per heavy atom. The Morgan fingerprint density at radius 1 is 1.40 bits per heavy atom. The third kappa shape index (κ3) is 1.68. The lowest BCUT2D eigenvalue weighted by Crippen LogP contribution is -2.42. The fourth-order valence-corrected chi connectivity index (χ4v) is 2.53. The normalized spacial score (nSPS) is 20.7. The first kappa shape index (κ1) is 10.7. The summed E-state index contributed by atoms with van der Waals surface area (Å²) in [4.78, 5) is 0. The summed E-state index contributed by atoms with van der Waals surface area (Å²) in [5, 5.41) is 9.74. The van der Waals surface area contributed by atoms with Gasteiger partial charge in [0.15, 0.2) is 0 Å². The number of hydrogen-bond donors (Lipinski definition) is 2. The highest BCUT2D eigenvalue weighted by atomic mass is 16.3. The fourth-order valence-electron chi connectivity index (χ4n) is 2.53. The Kier molecular flexibility index (Phi) is 2.81. The molecule has 0 aliphatic heterocycles. The molecule has 3 N–H and O–H groups in total. The first-order chi connectivity index (χ1) is 7.19. The van der Waals surface area contributed by atoms with Crippen molar-refractivity contribution in [2.45, 2.75) is 37.7 Å². The van der Waals surface area contributed by atoms with E-state index in [1.807, 2.05) is 25.1 Å². The summed E-state index contributed by atoms with van der Waals surface area (Å²) >= 11 is 0. The van der Waals surface area contributed by atoms with Crippen molar-refractivity contribution in [1.29, 1.82) is 0 Å². The standard InChI is InChI=1S/C13H19NO/c1-10(15)11-5-2-3-6-12(11)13(9-14)7-4-8-13/h2-3,5-6,10,15H,4,7-9,14H2,1H3. The van der Waals surface area contributed by atoms with Gasteiger partial charge in [-0.15, -0.1) is 0 Å². The molecule has 0 heterocycles. The zero-order valence-electron chi connectivity index (χ0n) is 9.24. The summed E-state index contributed by atoms with van der Waals surface area (Å²) < 4.78 is 0. The fraction of sp³-hybridized carbons (Fsp3) is 0.538. The molecule has 2 nitrogen and oxygen atoms in total. The van der Waals surface area contributed by atoms with Crippen LogP contribution in [0, 0.1) is 0 Å². The van der Waals surface area contributed by atoms with Gasteiger partial charge in [0, 0.05) is 12.0 Å². The lowest BCUT2D eigenvalue weighted by atomic mass is 9.63. The van der Waals surface area contributed by atoms with Crippen LogP contribution in [0.1, 0.15) is 43.4 Å². The molecular weight excluding hydrogens is 186 g/mol. The topological polar surface area (TPSA) is 46.2 Å². The van der Waals surface area contributed by atoms with Gasteiger partial charge in [-0.3, -0.25) is 0 Å². The Labute approximate surface area is 91.1 Å². The van der Waals surface area contributed by atoms with E-state index >= 15 is 0 Å². The molecule has 0 amide bonds. The van der Waals surface area contributed by atoms with Gasteiger partial charge in [0.1, 0.15) is 0 Å². The summed E-state index contributed by atoms with van der Waals surface area (Å²) in [5.74, 6) is 0. The predicted molar refractivity (Wildman–Crippen MR) is 61.7 cm³/mol. The van der Waals surface area contributed by atoms with Crippen LogP contribution in [-0.2, 0) is 5.41 Å². The number of rotatable bonds is 3. The predicted octanol–water partition coefficient (Wildman–Crippen LogP) is 2.12. The number of aliphatic hydroxyl groups is 1. The third-order valence-corrected chi connectivity index (χ3v) is 3.68. The maximum atomic E-state index is 9.74. The highest BCUT2D eigenvalue weighted by Gasteiger charge is 2.38. The monoisotopic (exact) mass is 205 g/mol. The summed E-state index contributed by atoms with van der Waals surface area (Å²) in [7, 11) is 0. The Hall–Kier alpha value is -0.860. The van der Waals surface area contributed by atoms with Crippen LogP contribution in [0.2, 0.25) is 0 Å². The van der Waals surface area contributed by atoms with Crippen molar-refractivity contribution in [2.75, 3.05) is 6.54 Å². The molecular formula is C13H19NO. The van der Waals surface area contributed by atoms with Gasteiger partial charge in [0.05, 0.1) is 6.10 Å². The maximum Gasteiger partial charge on any atom is 0.0764 e. The molecule has 1 unspecified atom stereocenters. The van der Waals surface area contributed by atoms with Crippen molar-refractivity contribution in [3.8, 4) is 0 Å². The second kappa shape index (κ2) is 3.95. The molecule has 0 bridgehead atoms. The van der Waals surface area contributed by atoms with Crippen molar-refractivity contribution >= 4 is 0 Å². The Bertz CT molecular complexity index is 337. The third-order valence-electron chi connectivity index (χ3n) is 3.68. The molecule has 0 aromatic heterocycles. The summed E-state index contributed by atoms with van der Waals surface area (Å²) in [6.07, 6.45) is 3.18. The molecule has 0 radical (unpaired) electrons. The van der Waals surface area contributed by atoms with E-state index < -0.39 is 6.10 Å². The molecule has 15 heavy (non-hydrogen) atoms. The molecule has 1 atom stereocenters. The zero-order valence-corrected chi connectivity index (χ0v) is 9.24. The van der Waals surface area contributed by atoms with Crippen LogP contribution in [0.4, 0.5) is 0 Å². The van der Waals surface area contributed by atoms with Gasteiger partial charge in [-0.05, 0) is 30.9 Å². The summed E-state index contributed by atoms with van der Waals surface area (Å²) in [6, 6.07) is 8.15. The molecule has 1 aromatic carbocycles. The first-order valence-corrected chi connectivity index (χ1v) is 5.67. The van der Waals surface area contributed by atoms with Gasteiger partial charge in [-0.25, -0.2) is 0 Å². The van der Waals surface area contributed by atoms with E-state index in [9.17, 15) is 5.11 Å². The number of benzene rings is 1. The van der Waals surface area contributed by atoms with Crippen LogP contribution in [0.25, 0.3) is 0 Å². The Balaban J connectivity index is 2.42. The highest BCUT2D eigenvalue weighted by molar-refractivity contribution is 5.37. The van der Waals surface area contributed by atoms with Gasteiger partial charge in [-0.1, -0.05) is 30.7 Å². The van der Waals surface area contributed by atoms with Gasteiger partial charge >= 0.3 is 0 Å². The van der Waals surface area contributed by atoms with Crippen LogP contribution in [0.5, 0.6) is 0 Å². The molecule has 2 heteroatoms. The molecule has 1 fully saturated rings. The summed E-state index contributed by atoms with van der Waals surface area (Å²) in [6.45, 7) is 2.51. The maximum absolute atomic E-state index is 9.74. The van der Waals surface area contributed by atoms with Crippen molar-refractivity contribution in [3.05, 3.63) is 35.4 Å². The summed E-state index contributed by atoms with van der Waals surface area (Å²) in [5.41, 5.74) is 8.34. The second-order valence-corrected chi connectivity index (χ2v) is 4.60. The second-order valence-electron chi connectivity index (χ2n) is 4.60. The molecule has 0 saturated heterocycles. The van der Waals surface area contributed by atoms with Crippen molar-refractivity contribution in [3.63, 3.8) is 0 Å². The Morgan fingerprint density at radius 3 is 2.53 bits per heavy atom. The highest BCUT2D eigenvalue weighted by Crippen LogP contribution is 2.45. The molecule has 1 aliphatic rings. The van der Waals surface area contributed by atoms with Crippen molar-refractivity contribution in [2.24, 2.45) is 5.73 Å². The van der Waals surface area contributed by atoms with Crippen LogP contribution < -0.4 is 5.73 Å². The van der Waals surface area contributed by atoms with E-state index in [4.69, 9.17) is 5.73 Å². The molecule has 1 aliphatic carbocycles.